The van der Waals surface area contributed by atoms with Gasteiger partial charge in [0.05, 0.1) is 30.4 Å². The van der Waals surface area contributed by atoms with Crippen LogP contribution in [0.3, 0.4) is 0 Å². The van der Waals surface area contributed by atoms with Crippen LogP contribution in [-0.2, 0) is 11.3 Å². The molecule has 0 atom stereocenters. The van der Waals surface area contributed by atoms with Gasteiger partial charge in [-0.2, -0.15) is 0 Å². The van der Waals surface area contributed by atoms with Gasteiger partial charge in [-0.25, -0.2) is 9.97 Å². The van der Waals surface area contributed by atoms with E-state index in [1.807, 2.05) is 0 Å². The third-order valence-corrected chi connectivity index (χ3v) is 5.25. The second kappa shape index (κ2) is 8.45. The number of rotatable bonds is 7. The predicted octanol–water partition coefficient (Wildman–Crippen LogP) is 3.39. The molecule has 172 valence electrons. The number of aromatic nitrogens is 2. The molecule has 0 radical (unpaired) electrons. The van der Waals surface area contributed by atoms with Gasteiger partial charge in [-0.3, -0.25) is 4.79 Å². The summed E-state index contributed by atoms with van der Waals surface area (Å²) >= 11 is 0. The SMILES string of the molecule is CC(C)Oc1cc(CNc2ncc(C(=O)N3CCC34COC4)cn2)cc(OC(F)(F)F)c1. The van der Waals surface area contributed by atoms with Gasteiger partial charge in [-0.1, -0.05) is 0 Å². The van der Waals surface area contributed by atoms with E-state index in [9.17, 15) is 18.0 Å². The number of anilines is 1. The van der Waals surface area contributed by atoms with E-state index in [0.717, 1.165) is 6.42 Å². The van der Waals surface area contributed by atoms with Crippen LogP contribution in [0.15, 0.2) is 30.6 Å². The highest BCUT2D eigenvalue weighted by atomic mass is 19.4. The molecule has 0 saturated carbocycles. The molecule has 0 unspecified atom stereocenters. The molecule has 0 bridgehead atoms. The maximum Gasteiger partial charge on any atom is 0.573 e. The highest BCUT2D eigenvalue weighted by Gasteiger charge is 2.53. The van der Waals surface area contributed by atoms with Crippen LogP contribution in [0.1, 0.15) is 36.2 Å². The summed E-state index contributed by atoms with van der Waals surface area (Å²) in [4.78, 5) is 22.7. The van der Waals surface area contributed by atoms with Gasteiger partial charge in [-0.05, 0) is 38.0 Å². The van der Waals surface area contributed by atoms with Gasteiger partial charge in [0.1, 0.15) is 11.5 Å². The molecule has 2 saturated heterocycles. The fourth-order valence-corrected chi connectivity index (χ4v) is 3.63. The number of hydrogen-bond acceptors (Lipinski definition) is 7. The summed E-state index contributed by atoms with van der Waals surface area (Å²) in [6.07, 6.45) is -1.24. The second-order valence-electron chi connectivity index (χ2n) is 8.10. The lowest BCUT2D eigenvalue weighted by Crippen LogP contribution is -2.72. The lowest BCUT2D eigenvalue weighted by molar-refractivity contribution is -0.274. The smallest absolute Gasteiger partial charge is 0.491 e. The van der Waals surface area contributed by atoms with Gasteiger partial charge in [0.2, 0.25) is 5.95 Å². The van der Waals surface area contributed by atoms with E-state index in [-0.39, 0.29) is 41.5 Å². The van der Waals surface area contributed by atoms with Crippen molar-refractivity contribution in [1.29, 1.82) is 0 Å². The average molecular weight is 452 g/mol. The van der Waals surface area contributed by atoms with Crippen molar-refractivity contribution in [3.8, 4) is 11.5 Å². The Bertz CT molecular complexity index is 972. The van der Waals surface area contributed by atoms with E-state index in [1.165, 1.54) is 24.5 Å². The van der Waals surface area contributed by atoms with E-state index < -0.39 is 6.36 Å². The zero-order valence-corrected chi connectivity index (χ0v) is 17.6. The second-order valence-corrected chi connectivity index (χ2v) is 8.10. The van der Waals surface area contributed by atoms with Crippen LogP contribution >= 0.6 is 0 Å². The number of likely N-dealkylation sites (tertiary alicyclic amines) is 1. The highest BCUT2D eigenvalue weighted by Crippen LogP contribution is 2.38. The first kappa shape index (κ1) is 22.1. The Balaban J connectivity index is 1.41. The first-order valence-electron chi connectivity index (χ1n) is 10.2. The van der Waals surface area contributed by atoms with Crippen LogP contribution in [-0.4, -0.2) is 58.5 Å². The van der Waals surface area contributed by atoms with Crippen LogP contribution in [0.4, 0.5) is 19.1 Å². The van der Waals surface area contributed by atoms with E-state index in [4.69, 9.17) is 9.47 Å². The average Bonchev–Trinajstić information content (AvgIpc) is 2.62. The number of alkyl halides is 3. The fraction of sp³-hybridized carbons (Fsp3) is 0.476. The van der Waals surface area contributed by atoms with Crippen LogP contribution in [0.2, 0.25) is 0 Å². The summed E-state index contributed by atoms with van der Waals surface area (Å²) in [6.45, 7) is 5.46. The molecule has 0 aliphatic carbocycles. The Morgan fingerprint density at radius 2 is 1.91 bits per heavy atom. The van der Waals surface area contributed by atoms with E-state index in [2.05, 4.69) is 20.0 Å². The van der Waals surface area contributed by atoms with Crippen molar-refractivity contribution in [2.45, 2.75) is 44.8 Å². The summed E-state index contributed by atoms with van der Waals surface area (Å²) in [5, 5.41) is 2.93. The number of hydrogen-bond donors (Lipinski definition) is 1. The van der Waals surface area contributed by atoms with Gasteiger partial charge in [0.25, 0.3) is 5.91 Å². The lowest BCUT2D eigenvalue weighted by Gasteiger charge is -2.57. The summed E-state index contributed by atoms with van der Waals surface area (Å²) in [5.74, 6) is -0.0273. The molecule has 2 aliphatic rings. The predicted molar refractivity (Wildman–Crippen MR) is 107 cm³/mol. The molecule has 11 heteroatoms. The first-order valence-corrected chi connectivity index (χ1v) is 10.2. The van der Waals surface area contributed by atoms with Crippen molar-refractivity contribution in [1.82, 2.24) is 14.9 Å². The largest absolute Gasteiger partial charge is 0.573 e. The quantitative estimate of drug-likeness (QED) is 0.689. The molecule has 1 N–H and O–H groups in total. The molecular weight excluding hydrogens is 429 g/mol. The minimum Gasteiger partial charge on any atom is -0.491 e. The van der Waals surface area contributed by atoms with Crippen molar-refractivity contribution in [3.05, 3.63) is 41.7 Å². The summed E-state index contributed by atoms with van der Waals surface area (Å²) < 4.78 is 52.7. The molecule has 4 rings (SSSR count). The number of nitrogens with zero attached hydrogens (tertiary/aromatic N) is 3. The van der Waals surface area contributed by atoms with Gasteiger partial charge in [-0.15, -0.1) is 13.2 Å². The fourth-order valence-electron chi connectivity index (χ4n) is 3.63. The third kappa shape index (κ3) is 4.87. The maximum absolute atomic E-state index is 12.7. The van der Waals surface area contributed by atoms with Crippen LogP contribution in [0.5, 0.6) is 11.5 Å². The Kier molecular flexibility index (Phi) is 5.85. The summed E-state index contributed by atoms with van der Waals surface area (Å²) in [5.41, 5.74) is 0.682. The van der Waals surface area contributed by atoms with Crippen LogP contribution < -0.4 is 14.8 Å². The van der Waals surface area contributed by atoms with Gasteiger partial charge in [0.15, 0.2) is 0 Å². The number of benzene rings is 1. The number of amides is 1. The molecule has 2 fully saturated rings. The Labute approximate surface area is 182 Å². The molecule has 1 aromatic heterocycles. The third-order valence-electron chi connectivity index (χ3n) is 5.25. The first-order chi connectivity index (χ1) is 15.1. The zero-order chi connectivity index (χ0) is 22.9. The molecule has 1 spiro atoms. The molecular formula is C21H23F3N4O4. The van der Waals surface area contributed by atoms with Gasteiger partial charge < -0.3 is 24.4 Å². The van der Waals surface area contributed by atoms with E-state index >= 15 is 0 Å². The highest BCUT2D eigenvalue weighted by molar-refractivity contribution is 5.95. The number of carbonyl (C=O) groups excluding carboxylic acids is 1. The Morgan fingerprint density at radius 1 is 1.22 bits per heavy atom. The monoisotopic (exact) mass is 452 g/mol. The Hall–Kier alpha value is -3.08. The normalized spacial score (nSPS) is 17.0. The zero-order valence-electron chi connectivity index (χ0n) is 17.6. The van der Waals surface area contributed by atoms with Crippen molar-refractivity contribution in [3.63, 3.8) is 0 Å². The minimum atomic E-state index is -4.81. The maximum atomic E-state index is 12.7. The summed E-state index contributed by atoms with van der Waals surface area (Å²) in [7, 11) is 0. The van der Waals surface area contributed by atoms with Crippen molar-refractivity contribution < 1.29 is 32.2 Å². The number of carbonyl (C=O) groups is 1. The topological polar surface area (TPSA) is 85.8 Å². The van der Waals surface area contributed by atoms with E-state index in [0.29, 0.717) is 30.9 Å². The van der Waals surface area contributed by atoms with Crippen molar-refractivity contribution >= 4 is 11.9 Å². The molecule has 8 nitrogen and oxygen atoms in total. The standard InChI is InChI=1S/C21H23F3N4O4/c1-13(2)31-16-5-14(6-17(7-16)32-21(22,23)24)8-25-19-26-9-15(10-27-19)18(29)28-4-3-20(28)11-30-12-20/h5-7,9-10,13H,3-4,8,11-12H2,1-2H3,(H,25,26,27). The van der Waals surface area contributed by atoms with Crippen molar-refractivity contribution in [2.75, 3.05) is 25.1 Å². The molecule has 1 amide bonds. The lowest BCUT2D eigenvalue weighted by atomic mass is 9.82. The van der Waals surface area contributed by atoms with Crippen molar-refractivity contribution in [2.24, 2.45) is 0 Å². The molecule has 32 heavy (non-hydrogen) atoms. The Morgan fingerprint density at radius 3 is 2.44 bits per heavy atom. The minimum absolute atomic E-state index is 0.128. The number of ether oxygens (including phenoxy) is 3. The summed E-state index contributed by atoms with van der Waals surface area (Å²) in [6, 6.07) is 4.05. The number of halogens is 3. The molecule has 2 aromatic rings. The number of nitrogens with one attached hydrogen (secondary N) is 1. The molecule has 2 aliphatic heterocycles. The van der Waals surface area contributed by atoms with Crippen LogP contribution in [0.25, 0.3) is 0 Å². The van der Waals surface area contributed by atoms with Gasteiger partial charge in [0, 0.05) is 31.5 Å². The van der Waals surface area contributed by atoms with E-state index in [1.54, 1.807) is 24.8 Å². The van der Waals surface area contributed by atoms with Gasteiger partial charge >= 0.3 is 6.36 Å². The molecule has 1 aromatic carbocycles. The van der Waals surface area contributed by atoms with Crippen LogP contribution in [0, 0.1) is 0 Å². The molecule has 3 heterocycles.